The average molecular weight is 526 g/mol. The minimum absolute atomic E-state index is 0.0153. The molecule has 3 aromatic carbocycles. The number of benzene rings is 3. The summed E-state index contributed by atoms with van der Waals surface area (Å²) in [5.41, 5.74) is 2.12. The van der Waals surface area contributed by atoms with Gasteiger partial charge in [-0.2, -0.15) is 5.26 Å². The van der Waals surface area contributed by atoms with Crippen molar-refractivity contribution in [1.29, 1.82) is 5.26 Å². The number of nitriles is 1. The highest BCUT2D eigenvalue weighted by Gasteiger charge is 2.11. The molecule has 0 unspecified atom stereocenters. The van der Waals surface area contributed by atoms with Gasteiger partial charge in [0.15, 0.2) is 0 Å². The second-order valence-corrected chi connectivity index (χ2v) is 8.65. The number of halogens is 2. The third kappa shape index (κ3) is 7.11. The molecule has 0 bridgehead atoms. The first-order valence-corrected chi connectivity index (χ1v) is 11.4. The van der Waals surface area contributed by atoms with Crippen LogP contribution in [0.3, 0.4) is 0 Å². The molecule has 3 rings (SSSR count). The Bertz CT molecular complexity index is 1200. The standard InChI is InChI=1S/C26H22BrClN2O3/c1-17(2)33-25-12-7-18(14-23(25)27)13-20(15-29)26(31)30-21-8-10-22(11-9-21)32-16-19-5-3-4-6-24(19)28/h3-14,17H,16H2,1-2H3,(H,30,31)/b20-13+. The summed E-state index contributed by atoms with van der Waals surface area (Å²) in [5.74, 6) is 0.834. The number of rotatable bonds is 8. The Morgan fingerprint density at radius 3 is 2.52 bits per heavy atom. The van der Waals surface area contributed by atoms with E-state index in [-0.39, 0.29) is 11.7 Å². The van der Waals surface area contributed by atoms with Gasteiger partial charge in [0.25, 0.3) is 5.91 Å². The SMILES string of the molecule is CC(C)Oc1ccc(/C=C(\C#N)C(=O)Nc2ccc(OCc3ccccc3Cl)cc2)cc1Br. The van der Waals surface area contributed by atoms with Crippen molar-refractivity contribution < 1.29 is 14.3 Å². The predicted molar refractivity (Wildman–Crippen MR) is 134 cm³/mol. The highest BCUT2D eigenvalue weighted by molar-refractivity contribution is 9.10. The fraction of sp³-hybridized carbons (Fsp3) is 0.154. The third-order valence-corrected chi connectivity index (χ3v) is 5.45. The molecule has 0 saturated carbocycles. The van der Waals surface area contributed by atoms with Crippen LogP contribution in [-0.2, 0) is 11.4 Å². The summed E-state index contributed by atoms with van der Waals surface area (Å²) in [5, 5.41) is 12.9. The fourth-order valence-electron chi connectivity index (χ4n) is 2.88. The van der Waals surface area contributed by atoms with Crippen LogP contribution in [0.25, 0.3) is 6.08 Å². The molecule has 0 aromatic heterocycles. The van der Waals surface area contributed by atoms with Crippen LogP contribution in [0.1, 0.15) is 25.0 Å². The van der Waals surface area contributed by atoms with Gasteiger partial charge in [-0.1, -0.05) is 35.9 Å². The Hall–Kier alpha value is -3.27. The zero-order chi connectivity index (χ0) is 23.8. The van der Waals surface area contributed by atoms with Crippen LogP contribution >= 0.6 is 27.5 Å². The zero-order valence-corrected chi connectivity index (χ0v) is 20.5. The number of amides is 1. The predicted octanol–water partition coefficient (Wildman–Crippen LogP) is 7.01. The van der Waals surface area contributed by atoms with Gasteiger partial charge in [0, 0.05) is 16.3 Å². The maximum absolute atomic E-state index is 12.6. The van der Waals surface area contributed by atoms with Gasteiger partial charge in [0.05, 0.1) is 10.6 Å². The highest BCUT2D eigenvalue weighted by atomic mass is 79.9. The number of anilines is 1. The van der Waals surface area contributed by atoms with Gasteiger partial charge in [-0.25, -0.2) is 0 Å². The van der Waals surface area contributed by atoms with E-state index >= 15 is 0 Å². The van der Waals surface area contributed by atoms with E-state index in [0.29, 0.717) is 34.4 Å². The number of hydrogen-bond acceptors (Lipinski definition) is 4. The topological polar surface area (TPSA) is 71.3 Å². The van der Waals surface area contributed by atoms with Gasteiger partial charge in [0.2, 0.25) is 0 Å². The Balaban J connectivity index is 1.64. The summed E-state index contributed by atoms with van der Waals surface area (Å²) in [6, 6.07) is 21.7. The van der Waals surface area contributed by atoms with Crippen molar-refractivity contribution in [3.63, 3.8) is 0 Å². The van der Waals surface area contributed by atoms with Crippen molar-refractivity contribution in [1.82, 2.24) is 0 Å². The maximum Gasteiger partial charge on any atom is 0.266 e. The van der Waals surface area contributed by atoms with Crippen molar-refractivity contribution in [2.75, 3.05) is 5.32 Å². The van der Waals surface area contributed by atoms with Crippen LogP contribution in [0.15, 0.2) is 76.8 Å². The van der Waals surface area contributed by atoms with E-state index in [1.54, 1.807) is 42.5 Å². The molecule has 0 aliphatic carbocycles. The smallest absolute Gasteiger partial charge is 0.266 e. The summed E-state index contributed by atoms with van der Waals surface area (Å²) in [7, 11) is 0. The van der Waals surface area contributed by atoms with Crippen molar-refractivity contribution in [3.8, 4) is 17.6 Å². The first-order valence-electron chi connectivity index (χ1n) is 10.2. The average Bonchev–Trinajstić information content (AvgIpc) is 2.79. The van der Waals surface area contributed by atoms with Crippen LogP contribution in [0.4, 0.5) is 5.69 Å². The summed E-state index contributed by atoms with van der Waals surface area (Å²) in [6.07, 6.45) is 1.57. The number of nitrogens with zero attached hydrogens (tertiary/aromatic N) is 1. The Morgan fingerprint density at radius 1 is 1.15 bits per heavy atom. The number of carbonyl (C=O) groups is 1. The minimum atomic E-state index is -0.499. The van der Waals surface area contributed by atoms with Crippen LogP contribution in [-0.4, -0.2) is 12.0 Å². The molecule has 1 amide bonds. The minimum Gasteiger partial charge on any atom is -0.490 e. The van der Waals surface area contributed by atoms with E-state index in [4.69, 9.17) is 21.1 Å². The Morgan fingerprint density at radius 2 is 1.88 bits per heavy atom. The number of carbonyl (C=O) groups excluding carboxylic acids is 1. The zero-order valence-electron chi connectivity index (χ0n) is 18.1. The molecule has 3 aromatic rings. The van der Waals surface area contributed by atoms with Gasteiger partial charge < -0.3 is 14.8 Å². The van der Waals surface area contributed by atoms with E-state index in [1.807, 2.05) is 44.2 Å². The van der Waals surface area contributed by atoms with Crippen molar-refractivity contribution in [2.45, 2.75) is 26.6 Å². The van der Waals surface area contributed by atoms with E-state index in [0.717, 1.165) is 10.0 Å². The van der Waals surface area contributed by atoms with E-state index in [9.17, 15) is 10.1 Å². The highest BCUT2D eigenvalue weighted by Crippen LogP contribution is 2.28. The van der Waals surface area contributed by atoms with Gasteiger partial charge in [-0.05, 0) is 83.9 Å². The molecule has 0 saturated heterocycles. The second kappa shape index (κ2) is 11.6. The monoisotopic (exact) mass is 524 g/mol. The van der Waals surface area contributed by atoms with Crippen molar-refractivity contribution >= 4 is 45.2 Å². The Kier molecular flexibility index (Phi) is 8.53. The van der Waals surface area contributed by atoms with Crippen molar-refractivity contribution in [2.24, 2.45) is 0 Å². The van der Waals surface area contributed by atoms with Crippen LogP contribution < -0.4 is 14.8 Å². The molecule has 0 spiro atoms. The first kappa shape index (κ1) is 24.4. The molecule has 5 nitrogen and oxygen atoms in total. The fourth-order valence-corrected chi connectivity index (χ4v) is 3.56. The maximum atomic E-state index is 12.6. The molecule has 0 radical (unpaired) electrons. The van der Waals surface area contributed by atoms with Gasteiger partial charge >= 0.3 is 0 Å². The summed E-state index contributed by atoms with van der Waals surface area (Å²) >= 11 is 9.60. The molecule has 0 atom stereocenters. The third-order valence-electron chi connectivity index (χ3n) is 4.46. The van der Waals surface area contributed by atoms with E-state index in [2.05, 4.69) is 21.2 Å². The molecule has 0 aliphatic rings. The lowest BCUT2D eigenvalue weighted by molar-refractivity contribution is -0.112. The molecule has 0 fully saturated rings. The summed E-state index contributed by atoms with van der Waals surface area (Å²) in [4.78, 5) is 12.6. The van der Waals surface area contributed by atoms with Crippen LogP contribution in [0, 0.1) is 11.3 Å². The second-order valence-electron chi connectivity index (χ2n) is 7.38. The van der Waals surface area contributed by atoms with E-state index in [1.165, 1.54) is 6.08 Å². The molecule has 0 heterocycles. The van der Waals surface area contributed by atoms with Gasteiger partial charge in [0.1, 0.15) is 29.7 Å². The first-order chi connectivity index (χ1) is 15.9. The van der Waals surface area contributed by atoms with Crippen LogP contribution in [0.2, 0.25) is 5.02 Å². The number of ether oxygens (including phenoxy) is 2. The molecule has 0 aliphatic heterocycles. The molecule has 1 N–H and O–H groups in total. The van der Waals surface area contributed by atoms with Gasteiger partial charge in [-0.15, -0.1) is 0 Å². The normalized spacial score (nSPS) is 11.1. The number of nitrogens with one attached hydrogen (secondary N) is 1. The lowest BCUT2D eigenvalue weighted by atomic mass is 10.1. The summed E-state index contributed by atoms with van der Waals surface area (Å²) in [6.45, 7) is 4.22. The molecule has 33 heavy (non-hydrogen) atoms. The number of hydrogen-bond donors (Lipinski definition) is 1. The van der Waals surface area contributed by atoms with Crippen molar-refractivity contribution in [3.05, 3.63) is 92.9 Å². The van der Waals surface area contributed by atoms with Crippen LogP contribution in [0.5, 0.6) is 11.5 Å². The molecule has 7 heteroatoms. The molecule has 168 valence electrons. The largest absolute Gasteiger partial charge is 0.490 e. The Labute approximate surface area is 206 Å². The quantitative estimate of drug-likeness (QED) is 0.253. The van der Waals surface area contributed by atoms with E-state index < -0.39 is 5.91 Å². The summed E-state index contributed by atoms with van der Waals surface area (Å²) < 4.78 is 12.2. The molecular formula is C26H22BrClN2O3. The lowest BCUT2D eigenvalue weighted by Gasteiger charge is -2.12. The van der Waals surface area contributed by atoms with Gasteiger partial charge in [-0.3, -0.25) is 4.79 Å². The lowest BCUT2D eigenvalue weighted by Crippen LogP contribution is -2.13. The molecular weight excluding hydrogens is 504 g/mol.